The van der Waals surface area contributed by atoms with Gasteiger partial charge in [0.15, 0.2) is 5.43 Å². The molecule has 1 aromatic heterocycles. The van der Waals surface area contributed by atoms with E-state index >= 15 is 0 Å². The maximum Gasteiger partial charge on any atom is 0.290 e. The third kappa shape index (κ3) is 3.09. The van der Waals surface area contributed by atoms with Crippen molar-refractivity contribution >= 4 is 40.1 Å². The molecule has 4 rings (SSSR count). The van der Waals surface area contributed by atoms with Crippen molar-refractivity contribution in [2.45, 2.75) is 12.5 Å². The van der Waals surface area contributed by atoms with Crippen molar-refractivity contribution in [2.75, 3.05) is 20.3 Å². The summed E-state index contributed by atoms with van der Waals surface area (Å²) in [5.41, 5.74) is 1.22. The summed E-state index contributed by atoms with van der Waals surface area (Å²) in [5, 5.41) is 1.21. The van der Waals surface area contributed by atoms with Gasteiger partial charge in [0.2, 0.25) is 5.76 Å². The predicted molar refractivity (Wildman–Crippen MR) is 108 cm³/mol. The summed E-state index contributed by atoms with van der Waals surface area (Å²) < 4.78 is 11.0. The summed E-state index contributed by atoms with van der Waals surface area (Å²) in [6, 6.07) is 11.5. The van der Waals surface area contributed by atoms with E-state index < -0.39 is 6.04 Å². The van der Waals surface area contributed by atoms with Crippen molar-refractivity contribution in [3.63, 3.8) is 0 Å². The summed E-state index contributed by atoms with van der Waals surface area (Å²) in [6.07, 6.45) is 0.627. The Morgan fingerprint density at radius 1 is 1.11 bits per heavy atom. The van der Waals surface area contributed by atoms with Gasteiger partial charge < -0.3 is 14.1 Å². The van der Waals surface area contributed by atoms with Crippen LogP contribution in [0.15, 0.2) is 51.7 Å². The number of carbonyl (C=O) groups excluding carboxylic acids is 1. The highest BCUT2D eigenvalue weighted by molar-refractivity contribution is 6.42. The van der Waals surface area contributed by atoms with Gasteiger partial charge in [-0.1, -0.05) is 41.4 Å². The summed E-state index contributed by atoms with van der Waals surface area (Å²) >= 11 is 12.3. The van der Waals surface area contributed by atoms with Gasteiger partial charge >= 0.3 is 0 Å². The molecule has 0 fully saturated rings. The molecule has 0 saturated heterocycles. The number of hydrogen-bond donors (Lipinski definition) is 0. The number of benzene rings is 2. The first-order valence-electron chi connectivity index (χ1n) is 8.83. The van der Waals surface area contributed by atoms with Crippen LogP contribution in [0.25, 0.3) is 11.0 Å². The normalized spacial score (nSPS) is 16.0. The molecule has 1 amide bonds. The molecule has 1 unspecified atom stereocenters. The lowest BCUT2D eigenvalue weighted by atomic mass is 9.98. The van der Waals surface area contributed by atoms with E-state index in [0.29, 0.717) is 51.7 Å². The first-order valence-corrected chi connectivity index (χ1v) is 9.59. The maximum absolute atomic E-state index is 13.3. The summed E-state index contributed by atoms with van der Waals surface area (Å²) in [6.45, 7) is 0.912. The largest absolute Gasteiger partial charge is 0.450 e. The zero-order chi connectivity index (χ0) is 19.8. The lowest BCUT2D eigenvalue weighted by molar-refractivity contribution is 0.0708. The van der Waals surface area contributed by atoms with Crippen molar-refractivity contribution in [1.29, 1.82) is 0 Å². The van der Waals surface area contributed by atoms with Crippen LogP contribution < -0.4 is 5.43 Å². The number of para-hydroxylation sites is 1. The predicted octanol–water partition coefficient (Wildman–Crippen LogP) is 4.68. The molecule has 0 spiro atoms. The molecule has 2 heterocycles. The van der Waals surface area contributed by atoms with E-state index in [9.17, 15) is 9.59 Å². The Kier molecular flexibility index (Phi) is 5.15. The Labute approximate surface area is 171 Å². The number of halogens is 2. The minimum atomic E-state index is -0.588. The zero-order valence-electron chi connectivity index (χ0n) is 15.1. The molecule has 0 saturated carbocycles. The van der Waals surface area contributed by atoms with Gasteiger partial charge in [-0.2, -0.15) is 0 Å². The molecule has 2 aromatic carbocycles. The van der Waals surface area contributed by atoms with Crippen molar-refractivity contribution in [1.82, 2.24) is 4.90 Å². The molecule has 1 aliphatic rings. The second-order valence-electron chi connectivity index (χ2n) is 6.59. The SMILES string of the molecule is COCCCN1C(=O)c2oc3ccccc3c(=O)c2C1c1ccc(Cl)c(Cl)c1. The fraction of sp³-hybridized carbons (Fsp3) is 0.238. The molecule has 0 aliphatic carbocycles. The number of amides is 1. The third-order valence-corrected chi connectivity index (χ3v) is 5.62. The van der Waals surface area contributed by atoms with Crippen LogP contribution in [0.4, 0.5) is 0 Å². The second-order valence-corrected chi connectivity index (χ2v) is 7.41. The summed E-state index contributed by atoms with van der Waals surface area (Å²) in [5.74, 6) is -0.234. The molecule has 7 heteroatoms. The molecule has 3 aromatic rings. The van der Waals surface area contributed by atoms with E-state index in [2.05, 4.69) is 0 Å². The average molecular weight is 418 g/mol. The Morgan fingerprint density at radius 2 is 1.89 bits per heavy atom. The minimum Gasteiger partial charge on any atom is -0.450 e. The third-order valence-electron chi connectivity index (χ3n) is 4.88. The maximum atomic E-state index is 13.3. The van der Waals surface area contributed by atoms with Crippen LogP contribution in [0.1, 0.15) is 34.1 Å². The van der Waals surface area contributed by atoms with Crippen molar-refractivity contribution < 1.29 is 13.9 Å². The van der Waals surface area contributed by atoms with Crippen LogP contribution in [0, 0.1) is 0 Å². The smallest absolute Gasteiger partial charge is 0.290 e. The second kappa shape index (κ2) is 7.59. The fourth-order valence-corrected chi connectivity index (χ4v) is 3.91. The van der Waals surface area contributed by atoms with Crippen LogP contribution >= 0.6 is 23.2 Å². The van der Waals surface area contributed by atoms with Gasteiger partial charge in [0.25, 0.3) is 5.91 Å². The van der Waals surface area contributed by atoms with Crippen LogP contribution in [0.3, 0.4) is 0 Å². The molecular formula is C21H17Cl2NO4. The number of ether oxygens (including phenoxy) is 1. The first kappa shape index (κ1) is 19.0. The highest BCUT2D eigenvalue weighted by atomic mass is 35.5. The minimum absolute atomic E-state index is 0.0807. The van der Waals surface area contributed by atoms with E-state index in [1.807, 2.05) is 0 Å². The van der Waals surface area contributed by atoms with Gasteiger partial charge in [-0.05, 0) is 36.2 Å². The molecule has 0 N–H and O–H groups in total. The average Bonchev–Trinajstić information content (AvgIpc) is 2.97. The lowest BCUT2D eigenvalue weighted by Crippen LogP contribution is -2.31. The molecule has 28 heavy (non-hydrogen) atoms. The van der Waals surface area contributed by atoms with Gasteiger partial charge in [0.1, 0.15) is 5.58 Å². The molecule has 5 nitrogen and oxygen atoms in total. The zero-order valence-corrected chi connectivity index (χ0v) is 16.6. The van der Waals surface area contributed by atoms with Crippen LogP contribution in [-0.2, 0) is 4.74 Å². The molecule has 144 valence electrons. The topological polar surface area (TPSA) is 59.8 Å². The quantitative estimate of drug-likeness (QED) is 0.565. The number of rotatable bonds is 5. The number of nitrogens with zero attached hydrogens (tertiary/aromatic N) is 1. The standard InChI is InChI=1S/C21H17Cl2NO4/c1-27-10-4-9-24-18(12-7-8-14(22)15(23)11-12)17-19(25)13-5-2-3-6-16(13)28-20(17)21(24)26/h2-3,5-8,11,18H,4,9-10H2,1H3. The summed E-state index contributed by atoms with van der Waals surface area (Å²) in [4.78, 5) is 28.0. The van der Waals surface area contributed by atoms with Gasteiger partial charge in [0.05, 0.1) is 27.0 Å². The Morgan fingerprint density at radius 3 is 2.64 bits per heavy atom. The number of hydrogen-bond acceptors (Lipinski definition) is 4. The van der Waals surface area contributed by atoms with Crippen LogP contribution in [-0.4, -0.2) is 31.1 Å². The number of methoxy groups -OCH3 is 1. The Bertz CT molecular complexity index is 1130. The molecule has 1 atom stereocenters. The van der Waals surface area contributed by atoms with E-state index in [4.69, 9.17) is 32.4 Å². The number of fused-ring (bicyclic) bond motifs is 2. The highest BCUT2D eigenvalue weighted by Gasteiger charge is 2.42. The molecule has 0 bridgehead atoms. The molecule has 0 radical (unpaired) electrons. The Hall–Kier alpha value is -2.34. The lowest BCUT2D eigenvalue weighted by Gasteiger charge is -2.25. The molecule has 1 aliphatic heterocycles. The van der Waals surface area contributed by atoms with Gasteiger partial charge in [-0.25, -0.2) is 0 Å². The first-order chi connectivity index (χ1) is 13.5. The monoisotopic (exact) mass is 417 g/mol. The van der Waals surface area contributed by atoms with Crippen LogP contribution in [0.2, 0.25) is 10.0 Å². The van der Waals surface area contributed by atoms with E-state index in [1.165, 1.54) is 0 Å². The van der Waals surface area contributed by atoms with E-state index in [-0.39, 0.29) is 17.1 Å². The van der Waals surface area contributed by atoms with E-state index in [0.717, 1.165) is 0 Å². The fourth-order valence-electron chi connectivity index (χ4n) is 3.61. The van der Waals surface area contributed by atoms with Crippen LogP contribution in [0.5, 0.6) is 0 Å². The van der Waals surface area contributed by atoms with E-state index in [1.54, 1.807) is 54.5 Å². The van der Waals surface area contributed by atoms with Crippen molar-refractivity contribution in [2.24, 2.45) is 0 Å². The number of carbonyl (C=O) groups is 1. The van der Waals surface area contributed by atoms with Crippen molar-refractivity contribution in [3.05, 3.63) is 79.6 Å². The van der Waals surface area contributed by atoms with Gasteiger partial charge in [-0.15, -0.1) is 0 Å². The highest BCUT2D eigenvalue weighted by Crippen LogP contribution is 2.39. The molecular weight excluding hydrogens is 401 g/mol. The summed E-state index contributed by atoms with van der Waals surface area (Å²) in [7, 11) is 1.61. The van der Waals surface area contributed by atoms with Crippen molar-refractivity contribution in [3.8, 4) is 0 Å². The Balaban J connectivity index is 1.92. The van der Waals surface area contributed by atoms with Gasteiger partial charge in [0, 0.05) is 20.3 Å². The van der Waals surface area contributed by atoms with Gasteiger partial charge in [-0.3, -0.25) is 9.59 Å².